The number of H-pyrrole nitrogens is 1. The fourth-order valence-corrected chi connectivity index (χ4v) is 2.25. The van der Waals surface area contributed by atoms with Gasteiger partial charge < -0.3 is 10.0 Å². The molecule has 1 aromatic rings. The third-order valence-electron chi connectivity index (χ3n) is 3.95. The molecule has 2 heterocycles. The minimum Gasteiger partial charge on any atom is -0.481 e. The van der Waals surface area contributed by atoms with Crippen LogP contribution in [0.25, 0.3) is 0 Å². The molecule has 1 atom stereocenters. The third kappa shape index (κ3) is 2.20. The molecule has 1 saturated heterocycles. The van der Waals surface area contributed by atoms with Crippen LogP contribution in [0.15, 0.2) is 0 Å². The first kappa shape index (κ1) is 12.1. The van der Waals surface area contributed by atoms with E-state index in [9.17, 15) is 9.59 Å². The largest absolute Gasteiger partial charge is 0.481 e. The zero-order valence-electron chi connectivity index (χ0n) is 10.7. The van der Waals surface area contributed by atoms with Crippen LogP contribution in [0.1, 0.15) is 42.1 Å². The average molecular weight is 264 g/mol. The Bertz CT molecular complexity index is 517. The van der Waals surface area contributed by atoms with E-state index < -0.39 is 11.9 Å². The van der Waals surface area contributed by atoms with E-state index in [1.165, 1.54) is 0 Å². The number of carboxylic acids is 1. The molecule has 7 nitrogen and oxygen atoms in total. The quantitative estimate of drug-likeness (QED) is 0.823. The van der Waals surface area contributed by atoms with E-state index in [0.29, 0.717) is 19.0 Å². The molecule has 2 aliphatic rings. The van der Waals surface area contributed by atoms with Gasteiger partial charge in [-0.1, -0.05) is 6.92 Å². The van der Waals surface area contributed by atoms with E-state index in [-0.39, 0.29) is 17.6 Å². The summed E-state index contributed by atoms with van der Waals surface area (Å²) in [5, 5.41) is 15.6. The fourth-order valence-electron chi connectivity index (χ4n) is 2.25. The summed E-state index contributed by atoms with van der Waals surface area (Å²) in [7, 11) is 0. The number of hydrogen-bond acceptors (Lipinski definition) is 4. The van der Waals surface area contributed by atoms with Gasteiger partial charge in [0.05, 0.1) is 5.92 Å². The molecule has 1 aliphatic carbocycles. The van der Waals surface area contributed by atoms with Crippen molar-refractivity contribution in [3.63, 3.8) is 0 Å². The third-order valence-corrected chi connectivity index (χ3v) is 3.95. The highest BCUT2D eigenvalue weighted by Crippen LogP contribution is 2.37. The Hall–Kier alpha value is -1.92. The van der Waals surface area contributed by atoms with E-state index in [4.69, 9.17) is 5.11 Å². The smallest absolute Gasteiger partial charge is 0.306 e. The van der Waals surface area contributed by atoms with Crippen LogP contribution in [-0.2, 0) is 4.79 Å². The molecule has 102 valence electrons. The number of nitrogens with zero attached hydrogens (tertiary/aromatic N) is 3. The molecule has 2 N–H and O–H groups in total. The Kier molecular flexibility index (Phi) is 2.76. The first-order chi connectivity index (χ1) is 9.06. The van der Waals surface area contributed by atoms with Gasteiger partial charge in [0.2, 0.25) is 5.82 Å². The highest BCUT2D eigenvalue weighted by Gasteiger charge is 2.39. The molecule has 0 aromatic carbocycles. The summed E-state index contributed by atoms with van der Waals surface area (Å²) in [6.45, 7) is 2.62. The van der Waals surface area contributed by atoms with Gasteiger partial charge in [0.25, 0.3) is 5.91 Å². The topological polar surface area (TPSA) is 99.2 Å². The van der Waals surface area contributed by atoms with Crippen LogP contribution < -0.4 is 0 Å². The first-order valence-electron chi connectivity index (χ1n) is 6.50. The lowest BCUT2D eigenvalue weighted by atomic mass is 9.87. The second-order valence-electron chi connectivity index (χ2n) is 5.42. The van der Waals surface area contributed by atoms with Crippen LogP contribution in [0.3, 0.4) is 0 Å². The van der Waals surface area contributed by atoms with Crippen molar-refractivity contribution in [1.82, 2.24) is 20.1 Å². The van der Waals surface area contributed by atoms with Crippen molar-refractivity contribution in [3.05, 3.63) is 11.6 Å². The number of nitrogens with one attached hydrogen (secondary N) is 1. The van der Waals surface area contributed by atoms with Gasteiger partial charge in [-0.2, -0.15) is 0 Å². The van der Waals surface area contributed by atoms with Crippen LogP contribution in [0.5, 0.6) is 0 Å². The normalized spacial score (nSPS) is 21.0. The molecule has 7 heteroatoms. The minimum atomic E-state index is -0.814. The lowest BCUT2D eigenvalue weighted by molar-refractivity contribution is -0.144. The van der Waals surface area contributed by atoms with Crippen LogP contribution in [0.2, 0.25) is 0 Å². The Labute approximate surface area is 110 Å². The average Bonchev–Trinajstić information content (AvgIpc) is 3.04. The molecule has 1 amide bonds. The lowest BCUT2D eigenvalue weighted by Gasteiger charge is -2.40. The summed E-state index contributed by atoms with van der Waals surface area (Å²) in [6.07, 6.45) is 2.20. The number of hydrogen-bond donors (Lipinski definition) is 2. The Morgan fingerprint density at radius 3 is 2.68 bits per heavy atom. The Morgan fingerprint density at radius 1 is 1.42 bits per heavy atom. The van der Waals surface area contributed by atoms with E-state index in [2.05, 4.69) is 15.2 Å². The zero-order chi connectivity index (χ0) is 13.6. The van der Waals surface area contributed by atoms with E-state index in [1.54, 1.807) is 11.8 Å². The molecule has 0 bridgehead atoms. The molecule has 19 heavy (non-hydrogen) atoms. The van der Waals surface area contributed by atoms with Crippen LogP contribution in [0.4, 0.5) is 0 Å². The first-order valence-corrected chi connectivity index (χ1v) is 6.50. The maximum Gasteiger partial charge on any atom is 0.306 e. The second-order valence-corrected chi connectivity index (χ2v) is 5.42. The number of carbonyl (C=O) groups excluding carboxylic acids is 1. The van der Waals surface area contributed by atoms with Crippen molar-refractivity contribution in [3.8, 4) is 0 Å². The summed E-state index contributed by atoms with van der Waals surface area (Å²) in [6, 6.07) is 0. The number of rotatable bonds is 4. The van der Waals surface area contributed by atoms with E-state index >= 15 is 0 Å². The van der Waals surface area contributed by atoms with E-state index in [0.717, 1.165) is 18.7 Å². The Morgan fingerprint density at radius 2 is 2.11 bits per heavy atom. The summed E-state index contributed by atoms with van der Waals surface area (Å²) in [5.74, 6) is 0.0115. The monoisotopic (exact) mass is 264 g/mol. The molecular formula is C12H16N4O3. The van der Waals surface area contributed by atoms with Gasteiger partial charge in [0, 0.05) is 24.9 Å². The van der Waals surface area contributed by atoms with Gasteiger partial charge >= 0.3 is 5.97 Å². The standard InChI is InChI=1S/C12H16N4O3/c1-6(12(18)19)8-4-16(5-8)11(17)10-13-9(14-15-10)7-2-3-7/h6-8H,2-5H2,1H3,(H,18,19)(H,13,14,15). The molecular weight excluding hydrogens is 248 g/mol. The molecule has 2 fully saturated rings. The summed E-state index contributed by atoms with van der Waals surface area (Å²) >= 11 is 0. The van der Waals surface area contributed by atoms with Crippen molar-refractivity contribution in [1.29, 1.82) is 0 Å². The van der Waals surface area contributed by atoms with Crippen molar-refractivity contribution in [2.75, 3.05) is 13.1 Å². The number of carbonyl (C=O) groups is 2. The maximum absolute atomic E-state index is 12.1. The number of aromatic amines is 1. The highest BCUT2D eigenvalue weighted by molar-refractivity contribution is 5.91. The molecule has 1 unspecified atom stereocenters. The molecule has 1 aliphatic heterocycles. The number of aromatic nitrogens is 3. The fraction of sp³-hybridized carbons (Fsp3) is 0.667. The zero-order valence-corrected chi connectivity index (χ0v) is 10.7. The van der Waals surface area contributed by atoms with Crippen molar-refractivity contribution in [2.45, 2.75) is 25.7 Å². The van der Waals surface area contributed by atoms with E-state index in [1.807, 2.05) is 0 Å². The summed E-state index contributed by atoms with van der Waals surface area (Å²) in [4.78, 5) is 28.7. The maximum atomic E-state index is 12.1. The highest BCUT2D eigenvalue weighted by atomic mass is 16.4. The molecule has 0 radical (unpaired) electrons. The predicted octanol–water partition coefficient (Wildman–Crippen LogP) is 0.475. The SMILES string of the molecule is CC(C(=O)O)C1CN(C(=O)c2n[nH]c(C3CC3)n2)C1. The Balaban J connectivity index is 1.58. The molecule has 0 spiro atoms. The van der Waals surface area contributed by atoms with Gasteiger partial charge in [-0.25, -0.2) is 4.98 Å². The van der Waals surface area contributed by atoms with Gasteiger partial charge in [-0.15, -0.1) is 5.10 Å². The van der Waals surface area contributed by atoms with Crippen molar-refractivity contribution >= 4 is 11.9 Å². The van der Waals surface area contributed by atoms with Gasteiger partial charge in [0.1, 0.15) is 5.82 Å². The van der Waals surface area contributed by atoms with Gasteiger partial charge in [-0.3, -0.25) is 14.7 Å². The number of carboxylic acid groups (broad SMARTS) is 1. The number of likely N-dealkylation sites (tertiary alicyclic amines) is 1. The van der Waals surface area contributed by atoms with Crippen molar-refractivity contribution < 1.29 is 14.7 Å². The number of aliphatic carboxylic acids is 1. The molecule has 1 aromatic heterocycles. The second kappa shape index (κ2) is 4.32. The van der Waals surface area contributed by atoms with Crippen LogP contribution in [-0.4, -0.2) is 50.2 Å². The van der Waals surface area contributed by atoms with Crippen LogP contribution >= 0.6 is 0 Å². The molecule has 1 saturated carbocycles. The summed E-state index contributed by atoms with van der Waals surface area (Å²) in [5.41, 5.74) is 0. The van der Waals surface area contributed by atoms with Crippen LogP contribution in [0, 0.1) is 11.8 Å². The lowest BCUT2D eigenvalue weighted by Crippen LogP contribution is -2.53. The summed E-state index contributed by atoms with van der Waals surface area (Å²) < 4.78 is 0. The molecule has 3 rings (SSSR count). The number of amides is 1. The van der Waals surface area contributed by atoms with Gasteiger partial charge in [0.15, 0.2) is 0 Å². The minimum absolute atomic E-state index is 0.0308. The van der Waals surface area contributed by atoms with Crippen molar-refractivity contribution in [2.24, 2.45) is 11.8 Å². The van der Waals surface area contributed by atoms with Gasteiger partial charge in [-0.05, 0) is 12.8 Å². The predicted molar refractivity (Wildman–Crippen MR) is 64.6 cm³/mol.